The first-order valence-electron chi connectivity index (χ1n) is 7.14. The van der Waals surface area contributed by atoms with Crippen LogP contribution in [-0.2, 0) is 21.5 Å². The lowest BCUT2D eigenvalue weighted by molar-refractivity contribution is 0.390. The average Bonchev–Trinajstić information content (AvgIpc) is 3.19. The molecule has 2 aromatic heterocycles. The number of aromatic nitrogens is 1. The lowest BCUT2D eigenvalue weighted by Gasteiger charge is -2.12. The van der Waals surface area contributed by atoms with Crippen molar-refractivity contribution in [1.29, 1.82) is 0 Å². The smallest absolute Gasteiger partial charge is 0.276 e. The average molecular weight is 342 g/mol. The van der Waals surface area contributed by atoms with Gasteiger partial charge >= 0.3 is 0 Å². The fraction of sp³-hybridized carbons (Fsp3) is 0.500. The zero-order valence-corrected chi connectivity index (χ0v) is 14.0. The first-order valence-corrected chi connectivity index (χ1v) is 9.74. The molecule has 0 radical (unpaired) electrons. The van der Waals surface area contributed by atoms with Crippen LogP contribution in [0.4, 0.5) is 0 Å². The molecule has 22 heavy (non-hydrogen) atoms. The zero-order chi connectivity index (χ0) is 15.6. The van der Waals surface area contributed by atoms with E-state index in [1.54, 1.807) is 23.9 Å². The molecule has 2 aromatic rings. The second-order valence-corrected chi connectivity index (χ2v) is 8.11. The third-order valence-corrected chi connectivity index (χ3v) is 6.21. The van der Waals surface area contributed by atoms with Gasteiger partial charge in [0.1, 0.15) is 11.5 Å². The summed E-state index contributed by atoms with van der Waals surface area (Å²) in [4.78, 5) is 0. The summed E-state index contributed by atoms with van der Waals surface area (Å²) < 4.78 is 36.8. The molecule has 1 fully saturated rings. The predicted octanol–water partition coefficient (Wildman–Crippen LogP) is 2.79. The van der Waals surface area contributed by atoms with Crippen LogP contribution in [0.3, 0.4) is 0 Å². The van der Waals surface area contributed by atoms with E-state index in [9.17, 15) is 8.42 Å². The number of nitrogens with zero attached hydrogens (tertiary/aromatic N) is 2. The number of thioether (sulfide) groups is 1. The van der Waals surface area contributed by atoms with Crippen molar-refractivity contribution in [2.24, 2.45) is 0 Å². The van der Waals surface area contributed by atoms with Gasteiger partial charge in [-0.05, 0) is 31.9 Å². The van der Waals surface area contributed by atoms with E-state index in [2.05, 4.69) is 5.16 Å². The SMILES string of the molecule is Cc1cc(CSCc2ccc(S(=O)(=O)N3CCCC3)o2)on1. The van der Waals surface area contributed by atoms with Gasteiger partial charge in [0.05, 0.1) is 17.2 Å². The van der Waals surface area contributed by atoms with Gasteiger partial charge < -0.3 is 8.94 Å². The van der Waals surface area contributed by atoms with Gasteiger partial charge in [0.25, 0.3) is 10.0 Å². The number of rotatable bonds is 6. The Labute approximate surface area is 133 Å². The second kappa shape index (κ2) is 6.47. The van der Waals surface area contributed by atoms with Crippen LogP contribution in [0.15, 0.2) is 32.2 Å². The molecule has 120 valence electrons. The lowest BCUT2D eigenvalue weighted by atomic mass is 10.4. The van der Waals surface area contributed by atoms with Gasteiger partial charge in [0.15, 0.2) is 0 Å². The molecule has 0 amide bonds. The van der Waals surface area contributed by atoms with Crippen LogP contribution in [0.5, 0.6) is 0 Å². The van der Waals surface area contributed by atoms with Crippen molar-refractivity contribution in [3.05, 3.63) is 35.4 Å². The summed E-state index contributed by atoms with van der Waals surface area (Å²) in [5.41, 5.74) is 0.854. The van der Waals surface area contributed by atoms with E-state index in [0.29, 0.717) is 30.4 Å². The number of sulfonamides is 1. The van der Waals surface area contributed by atoms with Gasteiger partial charge in [0.2, 0.25) is 5.09 Å². The molecule has 0 aliphatic carbocycles. The van der Waals surface area contributed by atoms with Crippen molar-refractivity contribution >= 4 is 21.8 Å². The summed E-state index contributed by atoms with van der Waals surface area (Å²) in [5.74, 6) is 2.73. The van der Waals surface area contributed by atoms with E-state index in [1.165, 1.54) is 4.31 Å². The minimum Gasteiger partial charge on any atom is -0.447 e. The molecule has 8 heteroatoms. The second-order valence-electron chi connectivity index (χ2n) is 5.26. The molecule has 0 atom stereocenters. The van der Waals surface area contributed by atoms with Crippen LogP contribution >= 0.6 is 11.8 Å². The third-order valence-electron chi connectivity index (χ3n) is 3.46. The molecule has 1 aliphatic rings. The van der Waals surface area contributed by atoms with Crippen molar-refractivity contribution < 1.29 is 17.4 Å². The maximum absolute atomic E-state index is 12.3. The first-order chi connectivity index (χ1) is 10.6. The van der Waals surface area contributed by atoms with Crippen molar-refractivity contribution in [2.45, 2.75) is 36.4 Å². The summed E-state index contributed by atoms with van der Waals surface area (Å²) >= 11 is 1.59. The van der Waals surface area contributed by atoms with Gasteiger partial charge in [0, 0.05) is 19.2 Å². The lowest BCUT2D eigenvalue weighted by Crippen LogP contribution is -2.27. The monoisotopic (exact) mass is 342 g/mol. The van der Waals surface area contributed by atoms with Crippen molar-refractivity contribution in [3.8, 4) is 0 Å². The molecule has 0 bridgehead atoms. The Hall–Kier alpha value is -1.25. The maximum Gasteiger partial charge on any atom is 0.276 e. The minimum atomic E-state index is -3.46. The molecule has 1 saturated heterocycles. The van der Waals surface area contributed by atoms with Gasteiger partial charge in [-0.2, -0.15) is 4.31 Å². The van der Waals surface area contributed by atoms with E-state index < -0.39 is 10.0 Å². The van der Waals surface area contributed by atoms with Crippen molar-refractivity contribution in [1.82, 2.24) is 9.46 Å². The molecule has 1 aliphatic heterocycles. The normalized spacial score (nSPS) is 16.4. The standard InChI is InChI=1S/C14H18N2O4S2/c1-11-8-13(20-15-11)10-21-9-12-4-5-14(19-12)22(17,18)16-6-2-3-7-16/h4-5,8H,2-3,6-7,9-10H2,1H3. The molecular formula is C14H18N2O4S2. The van der Waals surface area contributed by atoms with Crippen LogP contribution in [0.2, 0.25) is 0 Å². The Balaban J connectivity index is 1.59. The largest absolute Gasteiger partial charge is 0.447 e. The first kappa shape index (κ1) is 15.6. The Morgan fingerprint density at radius 3 is 2.64 bits per heavy atom. The molecular weight excluding hydrogens is 324 g/mol. The maximum atomic E-state index is 12.3. The highest BCUT2D eigenvalue weighted by molar-refractivity contribution is 7.97. The molecule has 0 N–H and O–H groups in total. The highest BCUT2D eigenvalue weighted by atomic mass is 32.2. The van der Waals surface area contributed by atoms with Gasteiger partial charge in [-0.25, -0.2) is 8.42 Å². The molecule has 6 nitrogen and oxygen atoms in total. The number of furan rings is 1. The Morgan fingerprint density at radius 1 is 1.23 bits per heavy atom. The fourth-order valence-corrected chi connectivity index (χ4v) is 4.61. The summed E-state index contributed by atoms with van der Waals surface area (Å²) in [5, 5.41) is 3.87. The summed E-state index contributed by atoms with van der Waals surface area (Å²) in [7, 11) is -3.46. The van der Waals surface area contributed by atoms with E-state index in [0.717, 1.165) is 24.3 Å². The Bertz CT molecular complexity index is 730. The molecule has 0 saturated carbocycles. The van der Waals surface area contributed by atoms with Crippen LogP contribution < -0.4 is 0 Å². The third kappa shape index (κ3) is 3.39. The van der Waals surface area contributed by atoms with E-state index in [-0.39, 0.29) is 5.09 Å². The zero-order valence-electron chi connectivity index (χ0n) is 12.3. The van der Waals surface area contributed by atoms with Crippen LogP contribution in [0.25, 0.3) is 0 Å². The highest BCUT2D eigenvalue weighted by Crippen LogP contribution is 2.25. The molecule has 0 spiro atoms. The van der Waals surface area contributed by atoms with Crippen LogP contribution in [-0.4, -0.2) is 31.0 Å². The molecule has 0 aromatic carbocycles. The van der Waals surface area contributed by atoms with E-state index in [4.69, 9.17) is 8.94 Å². The number of hydrogen-bond acceptors (Lipinski definition) is 6. The summed E-state index contributed by atoms with van der Waals surface area (Å²) in [6.07, 6.45) is 1.83. The van der Waals surface area contributed by atoms with Gasteiger partial charge in [-0.3, -0.25) is 0 Å². The van der Waals surface area contributed by atoms with Crippen LogP contribution in [0.1, 0.15) is 30.1 Å². The highest BCUT2D eigenvalue weighted by Gasteiger charge is 2.29. The number of aryl methyl sites for hydroxylation is 1. The van der Waals surface area contributed by atoms with E-state index in [1.807, 2.05) is 13.0 Å². The quantitative estimate of drug-likeness (QED) is 0.803. The van der Waals surface area contributed by atoms with Gasteiger partial charge in [-0.1, -0.05) is 5.16 Å². The minimum absolute atomic E-state index is 0.0421. The summed E-state index contributed by atoms with van der Waals surface area (Å²) in [6, 6.07) is 5.15. The summed E-state index contributed by atoms with van der Waals surface area (Å²) in [6.45, 7) is 3.04. The molecule has 3 heterocycles. The molecule has 0 unspecified atom stereocenters. The Morgan fingerprint density at radius 2 is 1.95 bits per heavy atom. The van der Waals surface area contributed by atoms with Crippen molar-refractivity contribution in [2.75, 3.05) is 13.1 Å². The fourth-order valence-electron chi connectivity index (χ4n) is 2.37. The topological polar surface area (TPSA) is 76.6 Å². The van der Waals surface area contributed by atoms with Gasteiger partial charge in [-0.15, -0.1) is 11.8 Å². The van der Waals surface area contributed by atoms with Crippen LogP contribution in [0, 0.1) is 6.92 Å². The van der Waals surface area contributed by atoms with Crippen molar-refractivity contribution in [3.63, 3.8) is 0 Å². The van der Waals surface area contributed by atoms with E-state index >= 15 is 0 Å². The molecule has 3 rings (SSSR count). The number of hydrogen-bond donors (Lipinski definition) is 0. The predicted molar refractivity (Wildman–Crippen MR) is 82.9 cm³/mol. The Kier molecular flexibility index (Phi) is 4.60.